The topological polar surface area (TPSA) is 116 Å². The molecule has 0 spiro atoms. The van der Waals surface area contributed by atoms with Crippen LogP contribution in [0.1, 0.15) is 15.9 Å². The fraction of sp³-hybridized carbons (Fsp3) is 0.0435. The van der Waals surface area contributed by atoms with Crippen molar-refractivity contribution in [2.24, 2.45) is 0 Å². The predicted molar refractivity (Wildman–Crippen MR) is 125 cm³/mol. The van der Waals surface area contributed by atoms with Crippen molar-refractivity contribution < 1.29 is 14.8 Å². The fourth-order valence-electron chi connectivity index (χ4n) is 3.13. The first-order valence-electron chi connectivity index (χ1n) is 9.62. The van der Waals surface area contributed by atoms with E-state index < -0.39 is 5.91 Å². The highest BCUT2D eigenvalue weighted by Gasteiger charge is 2.10. The number of benzene rings is 3. The summed E-state index contributed by atoms with van der Waals surface area (Å²) in [5, 5.41) is 15.6. The molecule has 0 radical (unpaired) electrons. The summed E-state index contributed by atoms with van der Waals surface area (Å²) in [4.78, 5) is 32.6. The van der Waals surface area contributed by atoms with Gasteiger partial charge in [-0.15, -0.1) is 0 Å². The lowest BCUT2D eigenvalue weighted by Gasteiger charge is -2.11. The molecule has 1 aromatic heterocycles. The third-order valence-electron chi connectivity index (χ3n) is 4.71. The maximum Gasteiger partial charge on any atom is 0.274 e. The largest absolute Gasteiger partial charge is 0.340 e. The molecule has 0 unspecified atom stereocenters. The lowest BCUT2D eigenvalue weighted by atomic mass is 10.1. The van der Waals surface area contributed by atoms with Gasteiger partial charge >= 0.3 is 0 Å². The molecule has 0 fully saturated rings. The van der Waals surface area contributed by atoms with Gasteiger partial charge in [0.25, 0.3) is 5.91 Å². The Bertz CT molecular complexity index is 1280. The van der Waals surface area contributed by atoms with E-state index in [1.54, 1.807) is 35.8 Å². The van der Waals surface area contributed by atoms with E-state index in [1.807, 2.05) is 36.4 Å². The van der Waals surface area contributed by atoms with Crippen LogP contribution in [0.3, 0.4) is 0 Å². The van der Waals surface area contributed by atoms with Gasteiger partial charge in [-0.1, -0.05) is 28.1 Å². The molecule has 0 aliphatic heterocycles. The first kappa shape index (κ1) is 21.4. The van der Waals surface area contributed by atoms with Gasteiger partial charge in [0, 0.05) is 26.8 Å². The number of nitrogens with one attached hydrogen (secondary N) is 3. The molecule has 9 heteroatoms. The predicted octanol–water partition coefficient (Wildman–Crippen LogP) is 4.44. The zero-order valence-electron chi connectivity index (χ0n) is 16.7. The summed E-state index contributed by atoms with van der Waals surface area (Å²) in [6.07, 6.45) is 1.62. The Morgan fingerprint density at radius 1 is 0.906 bits per heavy atom. The molecule has 4 rings (SSSR count). The molecule has 32 heavy (non-hydrogen) atoms. The van der Waals surface area contributed by atoms with E-state index in [0.717, 1.165) is 26.6 Å². The van der Waals surface area contributed by atoms with Gasteiger partial charge in [-0.2, -0.15) is 0 Å². The second-order valence-electron chi connectivity index (χ2n) is 6.95. The Hall–Kier alpha value is -3.82. The minimum atomic E-state index is -0.605. The maximum absolute atomic E-state index is 12.5. The van der Waals surface area contributed by atoms with Crippen LogP contribution in [-0.2, 0) is 11.2 Å². The molecule has 4 aromatic rings. The molecule has 0 atom stereocenters. The number of aromatic nitrogens is 2. The third-order valence-corrected chi connectivity index (χ3v) is 5.24. The third kappa shape index (κ3) is 5.08. The van der Waals surface area contributed by atoms with Crippen LogP contribution < -0.4 is 16.1 Å². The molecule has 0 saturated heterocycles. The van der Waals surface area contributed by atoms with Crippen LogP contribution in [0.4, 0.5) is 17.2 Å². The molecule has 0 aliphatic rings. The highest BCUT2D eigenvalue weighted by atomic mass is 79.9. The van der Waals surface area contributed by atoms with Crippen LogP contribution in [0.2, 0.25) is 0 Å². The van der Waals surface area contributed by atoms with Crippen molar-refractivity contribution in [3.8, 4) is 0 Å². The Morgan fingerprint density at radius 2 is 1.62 bits per heavy atom. The summed E-state index contributed by atoms with van der Waals surface area (Å²) in [7, 11) is 0. The smallest absolute Gasteiger partial charge is 0.274 e. The molecular formula is C23H18BrN5O3. The lowest BCUT2D eigenvalue weighted by Crippen LogP contribution is -2.18. The van der Waals surface area contributed by atoms with E-state index in [9.17, 15) is 9.59 Å². The van der Waals surface area contributed by atoms with Crippen LogP contribution in [0.5, 0.6) is 0 Å². The standard InChI is InChI=1S/C23H18BrN5O3/c24-16-5-7-17(8-6-16)28-22-19-12-18(9-10-20(19)25-13-26-22)27-21(30)11-14-1-3-15(4-2-14)23(31)29-32/h1-10,12-13,32H,11H2,(H,27,30)(H,29,31)(H,25,26,28). The number of halogens is 1. The molecule has 0 bridgehead atoms. The minimum absolute atomic E-state index is 0.133. The molecular weight excluding hydrogens is 474 g/mol. The summed E-state index contributed by atoms with van der Waals surface area (Å²) < 4.78 is 0.979. The monoisotopic (exact) mass is 491 g/mol. The molecule has 0 saturated carbocycles. The number of hydrogen-bond acceptors (Lipinski definition) is 6. The summed E-state index contributed by atoms with van der Waals surface area (Å²) in [6.45, 7) is 0. The summed E-state index contributed by atoms with van der Waals surface area (Å²) >= 11 is 3.42. The molecule has 160 valence electrons. The molecule has 3 aromatic carbocycles. The fourth-order valence-corrected chi connectivity index (χ4v) is 3.40. The van der Waals surface area contributed by atoms with Crippen LogP contribution in [0, 0.1) is 0 Å². The highest BCUT2D eigenvalue weighted by Crippen LogP contribution is 2.26. The second kappa shape index (κ2) is 9.54. The molecule has 1 heterocycles. The van der Waals surface area contributed by atoms with E-state index in [4.69, 9.17) is 5.21 Å². The van der Waals surface area contributed by atoms with Crippen molar-refractivity contribution in [3.05, 3.63) is 88.7 Å². The first-order chi connectivity index (χ1) is 15.5. The van der Waals surface area contributed by atoms with Gasteiger partial charge in [-0.25, -0.2) is 15.4 Å². The SMILES string of the molecule is O=C(Cc1ccc(C(=O)NO)cc1)Nc1ccc2ncnc(Nc3ccc(Br)cc3)c2c1. The van der Waals surface area contributed by atoms with Crippen LogP contribution in [0.15, 0.2) is 77.5 Å². The average Bonchev–Trinajstić information content (AvgIpc) is 2.81. The molecule has 8 nitrogen and oxygen atoms in total. The van der Waals surface area contributed by atoms with Gasteiger partial charge in [0.05, 0.1) is 11.9 Å². The van der Waals surface area contributed by atoms with E-state index >= 15 is 0 Å². The zero-order valence-corrected chi connectivity index (χ0v) is 18.3. The average molecular weight is 492 g/mol. The van der Waals surface area contributed by atoms with Gasteiger partial charge in [0.15, 0.2) is 0 Å². The number of nitrogens with zero attached hydrogens (tertiary/aromatic N) is 2. The number of hydrogen-bond donors (Lipinski definition) is 4. The summed E-state index contributed by atoms with van der Waals surface area (Å²) in [5.74, 6) is -0.180. The Kier molecular flexibility index (Phi) is 6.39. The van der Waals surface area contributed by atoms with Crippen molar-refractivity contribution in [3.63, 3.8) is 0 Å². The van der Waals surface area contributed by atoms with Crippen LogP contribution in [-0.4, -0.2) is 27.0 Å². The van der Waals surface area contributed by atoms with Crippen LogP contribution >= 0.6 is 15.9 Å². The Balaban J connectivity index is 1.50. The van der Waals surface area contributed by atoms with Gasteiger partial charge in [-0.05, 0) is 60.2 Å². The second-order valence-corrected chi connectivity index (χ2v) is 7.86. The number of anilines is 3. The summed E-state index contributed by atoms with van der Waals surface area (Å²) in [6, 6.07) is 19.6. The number of hydroxylamine groups is 1. The van der Waals surface area contributed by atoms with Crippen molar-refractivity contribution in [2.75, 3.05) is 10.6 Å². The molecule has 2 amide bonds. The van der Waals surface area contributed by atoms with E-state index in [-0.39, 0.29) is 12.3 Å². The quantitative estimate of drug-likeness (QED) is 0.234. The lowest BCUT2D eigenvalue weighted by molar-refractivity contribution is -0.115. The molecule has 0 aliphatic carbocycles. The summed E-state index contributed by atoms with van der Waals surface area (Å²) in [5.41, 5.74) is 4.85. The Morgan fingerprint density at radius 3 is 2.34 bits per heavy atom. The number of carbonyl (C=O) groups is 2. The maximum atomic E-state index is 12.5. The van der Waals surface area contributed by atoms with Gasteiger partial charge < -0.3 is 10.6 Å². The van der Waals surface area contributed by atoms with Crippen molar-refractivity contribution in [1.29, 1.82) is 0 Å². The van der Waals surface area contributed by atoms with E-state index in [2.05, 4.69) is 36.5 Å². The van der Waals surface area contributed by atoms with Crippen molar-refractivity contribution >= 4 is 55.8 Å². The molecule has 4 N–H and O–H groups in total. The van der Waals surface area contributed by atoms with E-state index in [0.29, 0.717) is 17.1 Å². The zero-order chi connectivity index (χ0) is 22.5. The number of carbonyl (C=O) groups excluding carboxylic acids is 2. The number of rotatable bonds is 6. The minimum Gasteiger partial charge on any atom is -0.340 e. The van der Waals surface area contributed by atoms with Crippen molar-refractivity contribution in [1.82, 2.24) is 15.4 Å². The Labute approximate surface area is 191 Å². The van der Waals surface area contributed by atoms with Gasteiger partial charge in [0.2, 0.25) is 5.91 Å². The van der Waals surface area contributed by atoms with Gasteiger partial charge in [0.1, 0.15) is 12.1 Å². The number of amides is 2. The van der Waals surface area contributed by atoms with Crippen molar-refractivity contribution in [2.45, 2.75) is 6.42 Å². The number of fused-ring (bicyclic) bond motifs is 1. The van der Waals surface area contributed by atoms with Gasteiger partial charge in [-0.3, -0.25) is 14.8 Å². The highest BCUT2D eigenvalue weighted by molar-refractivity contribution is 9.10. The normalized spacial score (nSPS) is 10.6. The van der Waals surface area contributed by atoms with Crippen LogP contribution in [0.25, 0.3) is 10.9 Å². The first-order valence-corrected chi connectivity index (χ1v) is 10.4. The van der Waals surface area contributed by atoms with E-state index in [1.165, 1.54) is 6.33 Å².